The van der Waals surface area contributed by atoms with E-state index in [0.717, 1.165) is 18.8 Å². The van der Waals surface area contributed by atoms with Gasteiger partial charge in [-0.25, -0.2) is 0 Å². The van der Waals surface area contributed by atoms with Crippen molar-refractivity contribution in [2.75, 3.05) is 18.9 Å². The van der Waals surface area contributed by atoms with Gasteiger partial charge in [-0.15, -0.1) is 0 Å². The first kappa shape index (κ1) is 23.2. The number of carbonyl (C=O) groups excluding carboxylic acids is 2. The van der Waals surface area contributed by atoms with Crippen LogP contribution >= 0.6 is 12.6 Å². The fraction of sp³-hybridized carbons (Fsp3) is 0.800. The number of hydrogen-bond acceptors (Lipinski definition) is 6. The minimum Gasteiger partial charge on any atom is -0.481 e. The number of ether oxygens (including phenoxy) is 1. The Bertz CT molecular complexity index is 321. The zero-order chi connectivity index (χ0) is 17.4. The number of carboxylic acid groups (broad SMARTS) is 1. The lowest BCUT2D eigenvalue weighted by molar-refractivity contribution is -0.140. The molecule has 0 spiro atoms. The van der Waals surface area contributed by atoms with Gasteiger partial charge in [0.2, 0.25) is 0 Å². The molecule has 0 aliphatic carbocycles. The number of Topliss-reactive ketones (excluding diaryl/α,β-unsaturated/α-hetero) is 1. The second-order valence-electron chi connectivity index (χ2n) is 5.26. The maximum Gasteiger partial charge on any atom is 0.315 e. The van der Waals surface area contributed by atoms with Gasteiger partial charge in [-0.1, -0.05) is 33.1 Å². The van der Waals surface area contributed by atoms with Gasteiger partial charge < -0.3 is 15.6 Å². The minimum absolute atomic E-state index is 0.0475. The molecular formula is C15H29NO5S. The van der Waals surface area contributed by atoms with Gasteiger partial charge in [-0.3, -0.25) is 14.4 Å². The average Bonchev–Trinajstić information content (AvgIpc) is 2.48. The maximum atomic E-state index is 10.7. The van der Waals surface area contributed by atoms with Gasteiger partial charge in [-0.2, -0.15) is 12.6 Å². The summed E-state index contributed by atoms with van der Waals surface area (Å²) >= 11 is 3.81. The number of carbonyl (C=O) groups is 3. The fourth-order valence-electron chi connectivity index (χ4n) is 1.41. The molecule has 0 aliphatic rings. The Kier molecular flexibility index (Phi) is 17.2. The molecule has 130 valence electrons. The molecule has 0 atom stereocenters. The number of hydrogen-bond donors (Lipinski definition) is 3. The molecule has 0 fully saturated rings. The number of esters is 1. The lowest BCUT2D eigenvalue weighted by atomic mass is 10.1. The zero-order valence-electron chi connectivity index (χ0n) is 13.5. The summed E-state index contributed by atoms with van der Waals surface area (Å²) in [5.74, 6) is -0.423. The Hall–Kier alpha value is -1.08. The van der Waals surface area contributed by atoms with Crippen LogP contribution in [-0.4, -0.2) is 41.7 Å². The van der Waals surface area contributed by atoms with Crippen molar-refractivity contribution in [3.63, 3.8) is 0 Å². The largest absolute Gasteiger partial charge is 0.481 e. The van der Waals surface area contributed by atoms with Crippen LogP contribution < -0.4 is 5.73 Å². The van der Waals surface area contributed by atoms with E-state index in [0.29, 0.717) is 6.61 Å². The third-order valence-electron chi connectivity index (χ3n) is 2.66. The summed E-state index contributed by atoms with van der Waals surface area (Å²) in [6.45, 7) is 4.94. The van der Waals surface area contributed by atoms with E-state index >= 15 is 0 Å². The molecule has 0 saturated carbocycles. The number of ketones is 1. The van der Waals surface area contributed by atoms with Gasteiger partial charge in [0.25, 0.3) is 0 Å². The highest BCUT2D eigenvalue weighted by atomic mass is 32.1. The van der Waals surface area contributed by atoms with E-state index in [1.807, 2.05) is 0 Å². The molecule has 0 aromatic rings. The quantitative estimate of drug-likeness (QED) is 0.303. The average molecular weight is 335 g/mol. The molecule has 0 saturated heterocycles. The molecule has 0 bridgehead atoms. The molecule has 6 nitrogen and oxygen atoms in total. The van der Waals surface area contributed by atoms with Crippen LogP contribution in [0.25, 0.3) is 0 Å². The standard InChI is InChI=1S/C10H20O2S.C5H9NO3/c1-9(2)6-4-3-5-7-12-10(11)8-13;6-3-4(7)1-2-5(8)9/h9,13H,3-8H2,1-2H3;1-3,6H2,(H,8,9). The molecule has 7 heteroatoms. The molecule has 0 aromatic heterocycles. The summed E-state index contributed by atoms with van der Waals surface area (Å²) in [7, 11) is 0. The minimum atomic E-state index is -0.961. The van der Waals surface area contributed by atoms with Crippen LogP contribution in [-0.2, 0) is 19.1 Å². The van der Waals surface area contributed by atoms with Crippen LogP contribution in [0.4, 0.5) is 0 Å². The SMILES string of the molecule is CC(C)CCCCCOC(=O)CS.NCC(=O)CCC(=O)O. The normalized spacial score (nSPS) is 9.86. The van der Waals surface area contributed by atoms with Gasteiger partial charge in [0.15, 0.2) is 0 Å². The molecule has 0 amide bonds. The number of aliphatic carboxylic acids is 1. The monoisotopic (exact) mass is 335 g/mol. The second-order valence-corrected chi connectivity index (χ2v) is 5.57. The van der Waals surface area contributed by atoms with E-state index in [1.54, 1.807) is 0 Å². The van der Waals surface area contributed by atoms with Gasteiger partial charge in [-0.05, 0) is 12.3 Å². The third-order valence-corrected chi connectivity index (χ3v) is 2.92. The highest BCUT2D eigenvalue weighted by Crippen LogP contribution is 2.07. The molecule has 0 radical (unpaired) electrons. The number of carboxylic acids is 1. The van der Waals surface area contributed by atoms with Crippen molar-refractivity contribution in [1.29, 1.82) is 0 Å². The summed E-state index contributed by atoms with van der Waals surface area (Å²) in [6.07, 6.45) is 4.56. The Morgan fingerprint density at radius 2 is 1.77 bits per heavy atom. The van der Waals surface area contributed by atoms with Crippen LogP contribution in [0.3, 0.4) is 0 Å². The van der Waals surface area contributed by atoms with Crippen LogP contribution in [0, 0.1) is 5.92 Å². The lowest BCUT2D eigenvalue weighted by Crippen LogP contribution is -2.14. The first-order valence-electron chi connectivity index (χ1n) is 7.53. The number of nitrogens with two attached hydrogens (primary N) is 1. The predicted octanol–water partition coefficient (Wildman–Crippen LogP) is 2.05. The second kappa shape index (κ2) is 16.3. The maximum absolute atomic E-state index is 10.7. The molecule has 22 heavy (non-hydrogen) atoms. The Morgan fingerprint density at radius 3 is 2.23 bits per heavy atom. The van der Waals surface area contributed by atoms with E-state index in [4.69, 9.17) is 15.6 Å². The zero-order valence-corrected chi connectivity index (χ0v) is 14.4. The van der Waals surface area contributed by atoms with Crippen LogP contribution in [0.2, 0.25) is 0 Å². The Labute approximate surface area is 138 Å². The van der Waals surface area contributed by atoms with E-state index in [-0.39, 0.29) is 36.9 Å². The lowest BCUT2D eigenvalue weighted by Gasteiger charge is -2.04. The summed E-state index contributed by atoms with van der Waals surface area (Å²) in [5.41, 5.74) is 4.92. The smallest absolute Gasteiger partial charge is 0.315 e. The predicted molar refractivity (Wildman–Crippen MR) is 89.0 cm³/mol. The topological polar surface area (TPSA) is 107 Å². The number of unbranched alkanes of at least 4 members (excludes halogenated alkanes) is 2. The summed E-state index contributed by atoms with van der Waals surface area (Å²) in [5, 5.41) is 8.06. The third kappa shape index (κ3) is 21.2. The van der Waals surface area contributed by atoms with Crippen LogP contribution in [0.15, 0.2) is 0 Å². The summed E-state index contributed by atoms with van der Waals surface area (Å²) in [4.78, 5) is 30.8. The first-order valence-corrected chi connectivity index (χ1v) is 8.16. The number of thiol groups is 1. The highest BCUT2D eigenvalue weighted by molar-refractivity contribution is 7.81. The van der Waals surface area contributed by atoms with E-state index in [9.17, 15) is 14.4 Å². The van der Waals surface area contributed by atoms with Crippen molar-refractivity contribution < 1.29 is 24.2 Å². The number of rotatable bonds is 11. The van der Waals surface area contributed by atoms with Crippen molar-refractivity contribution in [1.82, 2.24) is 0 Å². The van der Waals surface area contributed by atoms with Crippen molar-refractivity contribution >= 4 is 30.4 Å². The Morgan fingerprint density at radius 1 is 1.14 bits per heavy atom. The molecule has 0 aromatic carbocycles. The van der Waals surface area contributed by atoms with Crippen molar-refractivity contribution in [2.24, 2.45) is 11.7 Å². The molecular weight excluding hydrogens is 306 g/mol. The van der Waals surface area contributed by atoms with E-state index in [1.165, 1.54) is 12.8 Å². The Balaban J connectivity index is 0. The van der Waals surface area contributed by atoms with Gasteiger partial charge in [0.05, 0.1) is 25.3 Å². The van der Waals surface area contributed by atoms with Crippen molar-refractivity contribution in [2.45, 2.75) is 52.4 Å². The molecule has 0 unspecified atom stereocenters. The molecule has 0 aliphatic heterocycles. The van der Waals surface area contributed by atoms with Crippen LogP contribution in [0.5, 0.6) is 0 Å². The molecule has 0 heterocycles. The van der Waals surface area contributed by atoms with Crippen molar-refractivity contribution in [3.05, 3.63) is 0 Å². The van der Waals surface area contributed by atoms with Gasteiger partial charge in [0.1, 0.15) is 5.78 Å². The van der Waals surface area contributed by atoms with E-state index < -0.39 is 5.97 Å². The van der Waals surface area contributed by atoms with E-state index in [2.05, 4.69) is 26.5 Å². The first-order chi connectivity index (χ1) is 10.3. The fourth-order valence-corrected chi connectivity index (χ4v) is 1.50. The molecule has 0 rings (SSSR count). The summed E-state index contributed by atoms with van der Waals surface area (Å²) in [6, 6.07) is 0. The van der Waals surface area contributed by atoms with Gasteiger partial charge >= 0.3 is 11.9 Å². The van der Waals surface area contributed by atoms with Gasteiger partial charge in [0, 0.05) is 6.42 Å². The highest BCUT2D eigenvalue weighted by Gasteiger charge is 2.01. The van der Waals surface area contributed by atoms with Crippen LogP contribution in [0.1, 0.15) is 52.4 Å². The molecule has 3 N–H and O–H groups in total. The summed E-state index contributed by atoms with van der Waals surface area (Å²) < 4.78 is 4.88. The van der Waals surface area contributed by atoms with Crippen molar-refractivity contribution in [3.8, 4) is 0 Å².